The van der Waals surface area contributed by atoms with Crippen LogP contribution in [0.3, 0.4) is 0 Å². The van der Waals surface area contributed by atoms with Gasteiger partial charge >= 0.3 is 0 Å². The predicted molar refractivity (Wildman–Crippen MR) is 81.4 cm³/mol. The van der Waals surface area contributed by atoms with Gasteiger partial charge in [0.15, 0.2) is 5.82 Å². The van der Waals surface area contributed by atoms with Gasteiger partial charge in [0, 0.05) is 10.9 Å². The second-order valence-corrected chi connectivity index (χ2v) is 6.19. The van der Waals surface area contributed by atoms with Gasteiger partial charge in [0.2, 0.25) is 0 Å². The van der Waals surface area contributed by atoms with E-state index >= 15 is 0 Å². The van der Waals surface area contributed by atoms with Crippen molar-refractivity contribution in [3.63, 3.8) is 0 Å². The Balaban J connectivity index is 1.84. The summed E-state index contributed by atoms with van der Waals surface area (Å²) < 4.78 is 5.33. The van der Waals surface area contributed by atoms with Gasteiger partial charge in [-0.25, -0.2) is 0 Å². The molecule has 21 heavy (non-hydrogen) atoms. The zero-order chi connectivity index (χ0) is 14.8. The Bertz CT molecular complexity index is 626. The van der Waals surface area contributed by atoms with Gasteiger partial charge in [0.25, 0.3) is 5.89 Å². The Hall–Kier alpha value is -1.55. The Morgan fingerprint density at radius 3 is 3.05 bits per heavy atom. The molecule has 1 N–H and O–H groups in total. The third-order valence-corrected chi connectivity index (χ3v) is 4.59. The summed E-state index contributed by atoms with van der Waals surface area (Å²) in [5, 5.41) is 14.6. The van der Waals surface area contributed by atoms with Gasteiger partial charge < -0.3 is 9.63 Å². The van der Waals surface area contributed by atoms with Crippen LogP contribution in [0, 0.1) is 5.92 Å². The molecule has 112 valence electrons. The predicted octanol–water partition coefficient (Wildman–Crippen LogP) is 4.78. The van der Waals surface area contributed by atoms with Gasteiger partial charge in [-0.15, -0.1) is 0 Å². The van der Waals surface area contributed by atoms with Crippen LogP contribution in [0.2, 0.25) is 5.02 Å². The third kappa shape index (κ3) is 3.05. The summed E-state index contributed by atoms with van der Waals surface area (Å²) in [6, 6.07) is 4.81. The van der Waals surface area contributed by atoms with Crippen LogP contribution in [0.25, 0.3) is 11.5 Å². The quantitative estimate of drug-likeness (QED) is 0.886. The Morgan fingerprint density at radius 2 is 2.24 bits per heavy atom. The number of hydrogen-bond donors (Lipinski definition) is 1. The molecule has 1 heterocycles. The summed E-state index contributed by atoms with van der Waals surface area (Å²) in [5.74, 6) is 2.31. The number of phenolic OH excluding ortho intramolecular Hbond substituents is 1. The van der Waals surface area contributed by atoms with Gasteiger partial charge in [-0.05, 0) is 37.0 Å². The van der Waals surface area contributed by atoms with Crippen LogP contribution in [0.4, 0.5) is 0 Å². The highest BCUT2D eigenvalue weighted by atomic mass is 35.5. The van der Waals surface area contributed by atoms with E-state index in [1.54, 1.807) is 12.1 Å². The van der Waals surface area contributed by atoms with E-state index in [9.17, 15) is 5.11 Å². The number of rotatable bonds is 3. The second kappa shape index (κ2) is 6.06. The first-order valence-electron chi connectivity index (χ1n) is 7.50. The third-order valence-electron chi connectivity index (χ3n) is 4.36. The molecule has 1 saturated carbocycles. The van der Waals surface area contributed by atoms with Crippen molar-refractivity contribution >= 4 is 11.6 Å². The van der Waals surface area contributed by atoms with Gasteiger partial charge in [-0.2, -0.15) is 4.98 Å². The molecule has 0 aliphatic heterocycles. The summed E-state index contributed by atoms with van der Waals surface area (Å²) in [7, 11) is 0. The zero-order valence-corrected chi connectivity index (χ0v) is 12.8. The molecule has 2 atom stereocenters. The number of hydrogen-bond acceptors (Lipinski definition) is 4. The fourth-order valence-electron chi connectivity index (χ4n) is 3.09. The van der Waals surface area contributed by atoms with Crippen LogP contribution in [0.1, 0.15) is 50.8 Å². The van der Waals surface area contributed by atoms with Crippen LogP contribution >= 0.6 is 11.6 Å². The van der Waals surface area contributed by atoms with Gasteiger partial charge in [0.1, 0.15) is 5.75 Å². The lowest BCUT2D eigenvalue weighted by molar-refractivity contribution is 0.300. The first-order chi connectivity index (χ1) is 10.2. The number of benzene rings is 1. The monoisotopic (exact) mass is 306 g/mol. The molecule has 0 bridgehead atoms. The van der Waals surface area contributed by atoms with E-state index in [1.807, 2.05) is 0 Å². The standard InChI is InChI=1S/C16H19ClN2O2/c1-2-10-4-3-5-11(8-10)15-18-16(21-19-15)13-9-12(17)6-7-14(13)20/h6-7,9-11,20H,2-5,8H2,1H3. The van der Waals surface area contributed by atoms with Crippen LogP contribution in [-0.2, 0) is 0 Å². The molecule has 2 unspecified atom stereocenters. The fourth-order valence-corrected chi connectivity index (χ4v) is 3.26. The van der Waals surface area contributed by atoms with Crippen LogP contribution in [0.15, 0.2) is 22.7 Å². The van der Waals surface area contributed by atoms with Crippen molar-refractivity contribution in [1.29, 1.82) is 0 Å². The molecule has 1 aliphatic carbocycles. The zero-order valence-electron chi connectivity index (χ0n) is 12.1. The molecular formula is C16H19ClN2O2. The van der Waals surface area contributed by atoms with Gasteiger partial charge in [-0.1, -0.05) is 42.9 Å². The molecule has 0 amide bonds. The molecule has 5 heteroatoms. The fraction of sp³-hybridized carbons (Fsp3) is 0.500. The molecule has 1 aromatic carbocycles. The molecule has 0 spiro atoms. The summed E-state index contributed by atoms with van der Waals surface area (Å²) in [5.41, 5.74) is 0.490. The van der Waals surface area contributed by atoms with Crippen molar-refractivity contribution in [3.05, 3.63) is 29.0 Å². The minimum absolute atomic E-state index is 0.102. The number of halogens is 1. The largest absolute Gasteiger partial charge is 0.507 e. The van der Waals surface area contributed by atoms with E-state index in [0.29, 0.717) is 22.4 Å². The number of nitrogens with zero attached hydrogens (tertiary/aromatic N) is 2. The molecule has 0 radical (unpaired) electrons. The average molecular weight is 307 g/mol. The maximum atomic E-state index is 9.90. The summed E-state index contributed by atoms with van der Waals surface area (Å²) in [4.78, 5) is 4.48. The molecule has 4 nitrogen and oxygen atoms in total. The van der Waals surface area contributed by atoms with Crippen molar-refractivity contribution < 1.29 is 9.63 Å². The molecule has 1 fully saturated rings. The lowest BCUT2D eigenvalue weighted by Gasteiger charge is -2.26. The van der Waals surface area contributed by atoms with Crippen molar-refractivity contribution in [1.82, 2.24) is 10.1 Å². The van der Waals surface area contributed by atoms with Crippen molar-refractivity contribution in [2.75, 3.05) is 0 Å². The first kappa shape index (κ1) is 14.4. The number of phenols is 1. The van der Waals surface area contributed by atoms with Gasteiger partial charge in [-0.3, -0.25) is 0 Å². The minimum atomic E-state index is 0.102. The van der Waals surface area contributed by atoms with Gasteiger partial charge in [0.05, 0.1) is 5.56 Å². The molecule has 1 aromatic heterocycles. The Morgan fingerprint density at radius 1 is 1.38 bits per heavy atom. The van der Waals surface area contributed by atoms with E-state index in [2.05, 4.69) is 17.1 Å². The highest BCUT2D eigenvalue weighted by molar-refractivity contribution is 6.30. The maximum absolute atomic E-state index is 9.90. The topological polar surface area (TPSA) is 59.2 Å². The molecule has 3 rings (SSSR count). The molecule has 2 aromatic rings. The van der Waals surface area contributed by atoms with Crippen molar-refractivity contribution in [2.45, 2.75) is 44.9 Å². The second-order valence-electron chi connectivity index (χ2n) is 5.76. The van der Waals surface area contributed by atoms with Crippen molar-refractivity contribution in [2.24, 2.45) is 5.92 Å². The summed E-state index contributed by atoms with van der Waals surface area (Å²) in [6.07, 6.45) is 5.95. The van der Waals surface area contributed by atoms with Crippen LogP contribution in [0.5, 0.6) is 5.75 Å². The van der Waals surface area contributed by atoms with Crippen LogP contribution < -0.4 is 0 Å². The molecule has 1 aliphatic rings. The summed E-state index contributed by atoms with van der Waals surface area (Å²) >= 11 is 5.96. The lowest BCUT2D eigenvalue weighted by atomic mass is 9.80. The highest BCUT2D eigenvalue weighted by Crippen LogP contribution is 2.38. The SMILES string of the molecule is CCC1CCCC(c2noc(-c3cc(Cl)ccc3O)n2)C1. The van der Waals surface area contributed by atoms with Crippen molar-refractivity contribution in [3.8, 4) is 17.2 Å². The van der Waals surface area contributed by atoms with Crippen LogP contribution in [-0.4, -0.2) is 15.2 Å². The normalized spacial score (nSPS) is 22.4. The lowest BCUT2D eigenvalue weighted by Crippen LogP contribution is -2.14. The number of aromatic hydroxyl groups is 1. The molecule has 0 saturated heterocycles. The van der Waals surface area contributed by atoms with E-state index in [0.717, 1.165) is 24.6 Å². The average Bonchev–Trinajstić information content (AvgIpc) is 2.99. The Labute approximate surface area is 129 Å². The molecular weight excluding hydrogens is 288 g/mol. The number of aromatic nitrogens is 2. The van der Waals surface area contributed by atoms with E-state index in [1.165, 1.54) is 25.3 Å². The first-order valence-corrected chi connectivity index (χ1v) is 7.87. The maximum Gasteiger partial charge on any atom is 0.261 e. The van der Waals surface area contributed by atoms with E-state index in [4.69, 9.17) is 16.1 Å². The van der Waals surface area contributed by atoms with E-state index < -0.39 is 0 Å². The minimum Gasteiger partial charge on any atom is -0.507 e. The summed E-state index contributed by atoms with van der Waals surface area (Å²) in [6.45, 7) is 2.23. The highest BCUT2D eigenvalue weighted by Gasteiger charge is 2.26. The smallest absolute Gasteiger partial charge is 0.261 e. The van der Waals surface area contributed by atoms with E-state index in [-0.39, 0.29) is 5.75 Å². The Kier molecular flexibility index (Phi) is 4.15.